The van der Waals surface area contributed by atoms with Crippen molar-refractivity contribution in [2.75, 3.05) is 0 Å². The van der Waals surface area contributed by atoms with Crippen molar-refractivity contribution >= 4 is 17.0 Å². The highest BCUT2D eigenvalue weighted by Gasteiger charge is 2.36. The highest BCUT2D eigenvalue weighted by molar-refractivity contribution is 7.11. The molecule has 8 heteroatoms. The molecule has 4 nitrogen and oxygen atoms in total. The molecule has 3 rings (SSSR count). The van der Waals surface area contributed by atoms with Crippen LogP contribution < -0.4 is 5.56 Å². The number of nitrogens with zero attached hydrogens (tertiary/aromatic N) is 3. The summed E-state index contributed by atoms with van der Waals surface area (Å²) in [6, 6.07) is 7.81. The molecule has 0 aliphatic rings. The van der Waals surface area contributed by atoms with Crippen LogP contribution in [0.15, 0.2) is 35.1 Å². The molecule has 0 aliphatic carbocycles. The third-order valence-corrected chi connectivity index (χ3v) is 5.36. The van der Waals surface area contributed by atoms with Crippen LogP contribution in [-0.2, 0) is 12.7 Å². The molecule has 2 heterocycles. The molecule has 0 radical (unpaired) electrons. The fourth-order valence-corrected chi connectivity index (χ4v) is 3.95. The standard InChI is InChI=1S/C20H16F3N3OS/c1-11-6-5-7-14(8-11)16-9-15(20(21,22)23)18(24-4)19(27)26(16)10-17-12(2)25-13(3)28-17/h5-9H,10H2,1-3H3. The van der Waals surface area contributed by atoms with Gasteiger partial charge in [0.25, 0.3) is 11.2 Å². The molecule has 1 aromatic carbocycles. The monoisotopic (exact) mass is 403 g/mol. The molecular formula is C20H16F3N3OS. The molecule has 0 unspecified atom stereocenters. The van der Waals surface area contributed by atoms with Crippen LogP contribution in [0.4, 0.5) is 18.9 Å². The number of aryl methyl sites for hydroxylation is 3. The van der Waals surface area contributed by atoms with E-state index in [-0.39, 0.29) is 12.2 Å². The van der Waals surface area contributed by atoms with Gasteiger partial charge in [0.15, 0.2) is 0 Å². The van der Waals surface area contributed by atoms with E-state index in [1.807, 2.05) is 19.9 Å². The van der Waals surface area contributed by atoms with Crippen molar-refractivity contribution < 1.29 is 13.2 Å². The molecule has 0 N–H and O–H groups in total. The van der Waals surface area contributed by atoms with Gasteiger partial charge in [-0.25, -0.2) is 9.83 Å². The maximum atomic E-state index is 13.5. The van der Waals surface area contributed by atoms with Gasteiger partial charge >= 0.3 is 6.18 Å². The minimum absolute atomic E-state index is 0.0557. The summed E-state index contributed by atoms with van der Waals surface area (Å²) in [7, 11) is 0. The van der Waals surface area contributed by atoms with Crippen molar-refractivity contribution in [2.24, 2.45) is 0 Å². The fourth-order valence-electron chi connectivity index (χ4n) is 3.02. The van der Waals surface area contributed by atoms with Crippen LogP contribution in [0.5, 0.6) is 0 Å². The number of halogens is 3. The zero-order valence-corrected chi connectivity index (χ0v) is 16.2. The maximum Gasteiger partial charge on any atom is 0.407 e. The predicted molar refractivity (Wildman–Crippen MR) is 103 cm³/mol. The minimum atomic E-state index is -4.80. The summed E-state index contributed by atoms with van der Waals surface area (Å²) >= 11 is 1.38. The van der Waals surface area contributed by atoms with E-state index in [0.29, 0.717) is 11.3 Å². The average Bonchev–Trinajstić information content (AvgIpc) is 2.92. The predicted octanol–water partition coefficient (Wildman–Crippen LogP) is 5.51. The molecule has 0 saturated heterocycles. The third kappa shape index (κ3) is 3.71. The Balaban J connectivity index is 2.34. The highest BCUT2D eigenvalue weighted by Crippen LogP contribution is 2.37. The number of benzene rings is 1. The van der Waals surface area contributed by atoms with Crippen LogP contribution in [0, 0.1) is 27.3 Å². The summed E-state index contributed by atoms with van der Waals surface area (Å²) in [5, 5.41) is 0.801. The third-order valence-electron chi connectivity index (χ3n) is 4.31. The second kappa shape index (κ2) is 7.24. The van der Waals surface area contributed by atoms with Gasteiger partial charge in [0.2, 0.25) is 0 Å². The van der Waals surface area contributed by atoms with Crippen LogP contribution in [0.2, 0.25) is 0 Å². The smallest absolute Gasteiger partial charge is 0.312 e. The summed E-state index contributed by atoms with van der Waals surface area (Å²) in [6.45, 7) is 12.6. The number of hydrogen-bond donors (Lipinski definition) is 0. The Bertz CT molecular complexity index is 1150. The van der Waals surface area contributed by atoms with E-state index in [1.54, 1.807) is 25.1 Å². The molecule has 0 saturated carbocycles. The van der Waals surface area contributed by atoms with Crippen LogP contribution >= 0.6 is 11.3 Å². The van der Waals surface area contributed by atoms with Gasteiger partial charge in [0.1, 0.15) is 0 Å². The molecule has 0 atom stereocenters. The van der Waals surface area contributed by atoms with Crippen molar-refractivity contribution in [3.8, 4) is 11.3 Å². The molecule has 0 amide bonds. The van der Waals surface area contributed by atoms with Gasteiger partial charge in [-0.05, 0) is 38.5 Å². The number of rotatable bonds is 3. The van der Waals surface area contributed by atoms with E-state index >= 15 is 0 Å². The largest absolute Gasteiger partial charge is 0.407 e. The Kier molecular flexibility index (Phi) is 5.13. The van der Waals surface area contributed by atoms with E-state index in [0.717, 1.165) is 21.5 Å². The van der Waals surface area contributed by atoms with Crippen molar-refractivity contribution in [3.05, 3.63) is 78.8 Å². The van der Waals surface area contributed by atoms with Crippen molar-refractivity contribution in [2.45, 2.75) is 33.5 Å². The zero-order chi connectivity index (χ0) is 20.6. The second-order valence-corrected chi connectivity index (χ2v) is 7.69. The number of aromatic nitrogens is 2. The summed E-state index contributed by atoms with van der Waals surface area (Å²) in [5.41, 5.74) is -0.901. The van der Waals surface area contributed by atoms with Gasteiger partial charge in [0.05, 0.1) is 29.4 Å². The average molecular weight is 403 g/mol. The highest BCUT2D eigenvalue weighted by atomic mass is 32.1. The lowest BCUT2D eigenvalue weighted by molar-refractivity contribution is -0.136. The first kappa shape index (κ1) is 19.8. The molecule has 28 heavy (non-hydrogen) atoms. The zero-order valence-electron chi connectivity index (χ0n) is 15.4. The van der Waals surface area contributed by atoms with Crippen LogP contribution in [-0.4, -0.2) is 9.55 Å². The summed E-state index contributed by atoms with van der Waals surface area (Å²) < 4.78 is 41.8. The molecule has 0 bridgehead atoms. The first-order valence-electron chi connectivity index (χ1n) is 8.34. The van der Waals surface area contributed by atoms with Crippen molar-refractivity contribution in [3.63, 3.8) is 0 Å². The van der Waals surface area contributed by atoms with Crippen molar-refractivity contribution in [1.82, 2.24) is 9.55 Å². The first-order valence-corrected chi connectivity index (χ1v) is 9.16. The van der Waals surface area contributed by atoms with E-state index in [1.165, 1.54) is 15.9 Å². The minimum Gasteiger partial charge on any atom is -0.312 e. The van der Waals surface area contributed by atoms with Crippen LogP contribution in [0.3, 0.4) is 0 Å². The number of pyridine rings is 1. The normalized spacial score (nSPS) is 11.5. The van der Waals surface area contributed by atoms with Gasteiger partial charge in [0, 0.05) is 10.6 Å². The first-order chi connectivity index (χ1) is 13.1. The van der Waals surface area contributed by atoms with E-state index in [2.05, 4.69) is 9.83 Å². The van der Waals surface area contributed by atoms with Crippen LogP contribution in [0.25, 0.3) is 16.1 Å². The molecule has 144 valence electrons. The Labute approximate surface area is 163 Å². The number of hydrogen-bond acceptors (Lipinski definition) is 3. The van der Waals surface area contributed by atoms with Gasteiger partial charge < -0.3 is 4.57 Å². The van der Waals surface area contributed by atoms with E-state index < -0.39 is 23.0 Å². The lowest BCUT2D eigenvalue weighted by atomic mass is 10.0. The molecule has 0 aliphatic heterocycles. The van der Waals surface area contributed by atoms with Crippen LogP contribution in [0.1, 0.15) is 26.7 Å². The summed E-state index contributed by atoms with van der Waals surface area (Å²) in [4.78, 5) is 20.9. The molecule has 2 aromatic heterocycles. The number of alkyl halides is 3. The van der Waals surface area contributed by atoms with E-state index in [9.17, 15) is 18.0 Å². The van der Waals surface area contributed by atoms with Gasteiger partial charge in [-0.1, -0.05) is 23.8 Å². The van der Waals surface area contributed by atoms with E-state index in [4.69, 9.17) is 6.57 Å². The Morgan fingerprint density at radius 1 is 1.21 bits per heavy atom. The molecule has 0 spiro atoms. The Morgan fingerprint density at radius 2 is 1.93 bits per heavy atom. The Hall–Kier alpha value is -2.92. The second-order valence-electron chi connectivity index (χ2n) is 6.40. The van der Waals surface area contributed by atoms with Gasteiger partial charge in [-0.3, -0.25) is 4.79 Å². The summed E-state index contributed by atoms with van der Waals surface area (Å²) in [5.74, 6) is 0. The Morgan fingerprint density at radius 3 is 2.46 bits per heavy atom. The lowest BCUT2D eigenvalue weighted by Crippen LogP contribution is -2.25. The SMILES string of the molecule is [C-]#[N+]c1c(C(F)(F)F)cc(-c2cccc(C)c2)n(Cc2sc(C)nc2C)c1=O. The quantitative estimate of drug-likeness (QED) is 0.541. The molecular weight excluding hydrogens is 387 g/mol. The van der Waals surface area contributed by atoms with Gasteiger partial charge in [-0.2, -0.15) is 13.2 Å². The topological polar surface area (TPSA) is 39.2 Å². The molecule has 3 aromatic rings. The number of thiazole rings is 1. The summed E-state index contributed by atoms with van der Waals surface area (Å²) in [6.07, 6.45) is -4.80. The van der Waals surface area contributed by atoms with Gasteiger partial charge in [-0.15, -0.1) is 11.3 Å². The fraction of sp³-hybridized carbons (Fsp3) is 0.250. The lowest BCUT2D eigenvalue weighted by Gasteiger charge is -2.18. The van der Waals surface area contributed by atoms with Crippen molar-refractivity contribution in [1.29, 1.82) is 0 Å². The maximum absolute atomic E-state index is 13.5. The molecule has 0 fully saturated rings.